The van der Waals surface area contributed by atoms with Crippen molar-refractivity contribution in [1.29, 1.82) is 0 Å². The van der Waals surface area contributed by atoms with Gasteiger partial charge in [0.15, 0.2) is 10.3 Å². The molecule has 0 saturated carbocycles. The van der Waals surface area contributed by atoms with Crippen molar-refractivity contribution in [3.63, 3.8) is 0 Å². The van der Waals surface area contributed by atoms with Crippen LogP contribution >= 0.6 is 23.5 Å². The van der Waals surface area contributed by atoms with Gasteiger partial charge in [-0.25, -0.2) is 16.8 Å². The second-order valence-electron chi connectivity index (χ2n) is 22.5. The molecule has 5 rings (SSSR count). The number of anilines is 6. The van der Waals surface area contributed by atoms with E-state index in [0.717, 1.165) is 90.6 Å². The van der Waals surface area contributed by atoms with Gasteiger partial charge in [0.2, 0.25) is 11.8 Å². The molecule has 94 heavy (non-hydrogen) atoms. The SMILES string of the molecule is CCCCN=C(NCCCC)SCC(=O)Nc1c(C)ccc(S(=O)(=O)Nc2ccc(NNC(=O)C(=O)NCCCN3CCN(CCCNC(=O)C(=O)NNc4ccc(NS(=O)(=O)c5ccc(C)c(NC(=O)CSC(=NCCCC)NCCCC)c5C)cc4)CC3)cc2)c1C. The van der Waals surface area contributed by atoms with Crippen molar-refractivity contribution in [2.24, 2.45) is 9.98 Å². The lowest BCUT2D eigenvalue weighted by Gasteiger charge is -2.34. The van der Waals surface area contributed by atoms with E-state index in [-0.39, 0.29) is 57.6 Å². The van der Waals surface area contributed by atoms with Gasteiger partial charge in [-0.15, -0.1) is 0 Å². The number of carbonyl (C=O) groups is 6. The number of hydrogen-bond donors (Lipinski definition) is 12. The van der Waals surface area contributed by atoms with Crippen LogP contribution in [0.2, 0.25) is 0 Å². The summed E-state index contributed by atoms with van der Waals surface area (Å²) in [5.41, 5.74) is 14.3. The Morgan fingerprint density at radius 2 is 0.777 bits per heavy atom. The molecule has 4 aromatic rings. The zero-order valence-corrected chi connectivity index (χ0v) is 58.7. The van der Waals surface area contributed by atoms with E-state index < -0.39 is 43.7 Å². The molecule has 0 aliphatic carbocycles. The van der Waals surface area contributed by atoms with Crippen LogP contribution in [0.3, 0.4) is 0 Å². The molecule has 1 aliphatic heterocycles. The molecule has 6 amide bonds. The fourth-order valence-electron chi connectivity index (χ4n) is 9.41. The fraction of sp³-hybridized carbons (Fsp3) is 0.500. The van der Waals surface area contributed by atoms with Gasteiger partial charge in [0.1, 0.15) is 0 Å². The van der Waals surface area contributed by atoms with E-state index in [2.05, 4.69) is 111 Å². The largest absolute Gasteiger partial charge is 0.365 e. The van der Waals surface area contributed by atoms with E-state index in [0.29, 0.717) is 94.4 Å². The Kier molecular flexibility index (Phi) is 33.3. The first kappa shape index (κ1) is 77.1. The summed E-state index contributed by atoms with van der Waals surface area (Å²) in [5.74, 6) is -3.85. The van der Waals surface area contributed by atoms with Gasteiger partial charge in [-0.05, 0) is 162 Å². The molecule has 0 unspecified atom stereocenters. The average Bonchev–Trinajstić information content (AvgIpc) is 0.801. The van der Waals surface area contributed by atoms with E-state index in [1.807, 2.05) is 0 Å². The number of thioether (sulfide) groups is 2. The van der Waals surface area contributed by atoms with Crippen LogP contribution in [-0.4, -0.2) is 162 Å². The number of hydrogen-bond acceptors (Lipinski definition) is 18. The number of aliphatic imine (C=N–C) groups is 2. The van der Waals surface area contributed by atoms with E-state index in [9.17, 15) is 45.6 Å². The molecule has 4 aromatic carbocycles. The topological polar surface area (TPSA) is 346 Å². The van der Waals surface area contributed by atoms with Gasteiger partial charge < -0.3 is 41.7 Å². The van der Waals surface area contributed by atoms with Crippen molar-refractivity contribution >= 4 is 123 Å². The number of nitrogens with zero attached hydrogens (tertiary/aromatic N) is 4. The summed E-state index contributed by atoms with van der Waals surface area (Å²) >= 11 is 2.63. The number of carbonyl (C=O) groups excluding carboxylic acids is 6. The third-order valence-corrected chi connectivity index (χ3v) is 19.8. The molecule has 30 heteroatoms. The summed E-state index contributed by atoms with van der Waals surface area (Å²) in [6.45, 7) is 23.2. The highest BCUT2D eigenvalue weighted by Gasteiger charge is 2.25. The maximum Gasteiger partial charge on any atom is 0.327 e. The van der Waals surface area contributed by atoms with Crippen molar-refractivity contribution < 1.29 is 45.6 Å². The standard InChI is InChI=1S/C64H96N16O10S4/c1-9-13-31-67-63(68-32-14-10-2)91-43-55(81)71-57-45(5)19-29-53(47(57)7)93(87,88)77-51-25-21-49(22-26-51)73-75-61(85)59(83)65-35-17-37-79-39-41-80(42-40-79)38-18-36-66-60(84)62(86)76-74-50-23-27-52(28-24-50)78-94(89,90)54-30-20-46(6)58(48(54)8)72-56(82)44-92-64(69-33-15-11-3)70-34-16-12-4/h19-30,73-74,77-78H,9-18,31-44H2,1-8H3,(H,65,83)(H,66,84)(H,67,68)(H,69,70)(H,71,81)(H,72,82)(H,75,85)(H,76,86). The molecular weight excluding hydrogens is 1280 g/mol. The van der Waals surface area contributed by atoms with Gasteiger partial charge in [0, 0.05) is 88.2 Å². The number of nitrogens with one attached hydrogen (secondary N) is 12. The highest BCUT2D eigenvalue weighted by Crippen LogP contribution is 2.31. The Balaban J connectivity index is 0.931. The number of unbranched alkanes of at least 4 members (excludes halogenated alkanes) is 4. The van der Waals surface area contributed by atoms with Crippen molar-refractivity contribution in [3.8, 4) is 0 Å². The Morgan fingerprint density at radius 1 is 0.436 bits per heavy atom. The highest BCUT2D eigenvalue weighted by molar-refractivity contribution is 8.14. The predicted octanol–water partition coefficient (Wildman–Crippen LogP) is 7.17. The molecule has 1 aliphatic rings. The van der Waals surface area contributed by atoms with Crippen LogP contribution in [0.4, 0.5) is 34.1 Å². The van der Waals surface area contributed by atoms with Gasteiger partial charge in [0.05, 0.1) is 32.7 Å². The lowest BCUT2D eigenvalue weighted by atomic mass is 10.1. The average molecular weight is 1380 g/mol. The predicted molar refractivity (Wildman–Crippen MR) is 380 cm³/mol. The maximum absolute atomic E-state index is 13.6. The van der Waals surface area contributed by atoms with Crippen LogP contribution in [-0.2, 0) is 48.8 Å². The first-order valence-electron chi connectivity index (χ1n) is 32.1. The number of amides is 6. The Labute approximate surface area is 563 Å². The van der Waals surface area contributed by atoms with Crippen LogP contribution in [0.15, 0.2) is 92.6 Å². The first-order valence-corrected chi connectivity index (χ1v) is 37.0. The maximum atomic E-state index is 13.6. The molecule has 0 aromatic heterocycles. The summed E-state index contributed by atoms with van der Waals surface area (Å²) in [4.78, 5) is 90.3. The minimum atomic E-state index is -4.10. The summed E-state index contributed by atoms with van der Waals surface area (Å²) < 4.78 is 59.7. The number of piperazine rings is 1. The quantitative estimate of drug-likeness (QED) is 0.00705. The van der Waals surface area contributed by atoms with Crippen molar-refractivity contribution in [3.05, 3.63) is 95.1 Å². The zero-order chi connectivity index (χ0) is 68.5. The highest BCUT2D eigenvalue weighted by atomic mass is 32.2. The van der Waals surface area contributed by atoms with Crippen LogP contribution in [0, 0.1) is 27.7 Å². The third-order valence-electron chi connectivity index (χ3n) is 14.8. The summed E-state index contributed by atoms with van der Waals surface area (Å²) in [5, 5.41) is 19.1. The van der Waals surface area contributed by atoms with E-state index >= 15 is 0 Å². The van der Waals surface area contributed by atoms with Gasteiger partial charge in [-0.2, -0.15) is 0 Å². The number of rotatable bonds is 36. The van der Waals surface area contributed by atoms with E-state index in [1.54, 1.807) is 39.8 Å². The van der Waals surface area contributed by atoms with E-state index in [4.69, 9.17) is 0 Å². The molecule has 12 N–H and O–H groups in total. The lowest BCUT2D eigenvalue weighted by molar-refractivity contribution is -0.138. The smallest absolute Gasteiger partial charge is 0.327 e. The number of sulfonamides is 2. The second-order valence-corrected chi connectivity index (χ2v) is 27.7. The first-order chi connectivity index (χ1) is 45.1. The van der Waals surface area contributed by atoms with Crippen molar-refractivity contribution in [2.45, 2.75) is 129 Å². The molecule has 0 bridgehead atoms. The van der Waals surface area contributed by atoms with Gasteiger partial charge in [-0.3, -0.25) is 69.9 Å². The Morgan fingerprint density at radius 3 is 1.13 bits per heavy atom. The summed E-state index contributed by atoms with van der Waals surface area (Å²) in [6.07, 6.45) is 9.15. The molecule has 1 saturated heterocycles. The molecular formula is C64H96N16O10S4. The molecule has 516 valence electrons. The van der Waals surface area contributed by atoms with Gasteiger partial charge >= 0.3 is 23.6 Å². The summed E-state index contributed by atoms with van der Waals surface area (Å²) in [7, 11) is -8.19. The fourth-order valence-corrected chi connectivity index (χ4v) is 13.5. The van der Waals surface area contributed by atoms with E-state index in [1.165, 1.54) is 84.2 Å². The van der Waals surface area contributed by atoms with Crippen molar-refractivity contribution in [2.75, 3.05) is 121 Å². The van der Waals surface area contributed by atoms with Crippen LogP contribution in [0.5, 0.6) is 0 Å². The number of aryl methyl sites for hydroxylation is 2. The van der Waals surface area contributed by atoms with Crippen LogP contribution in [0.25, 0.3) is 0 Å². The van der Waals surface area contributed by atoms with Gasteiger partial charge in [0.25, 0.3) is 20.0 Å². The molecule has 0 spiro atoms. The van der Waals surface area contributed by atoms with Crippen molar-refractivity contribution in [1.82, 2.24) is 41.9 Å². The lowest BCUT2D eigenvalue weighted by Crippen LogP contribution is -2.48. The molecule has 1 fully saturated rings. The molecule has 26 nitrogen and oxygen atoms in total. The number of hydrazine groups is 2. The zero-order valence-electron chi connectivity index (χ0n) is 55.4. The molecule has 1 heterocycles. The normalized spacial score (nSPS) is 13.1. The minimum absolute atomic E-state index is 0.00478. The Hall–Kier alpha value is -7.64. The minimum Gasteiger partial charge on any atom is -0.365 e. The molecule has 0 atom stereocenters. The third kappa shape index (κ3) is 26.6. The molecule has 0 radical (unpaired) electrons. The van der Waals surface area contributed by atoms with Crippen LogP contribution < -0.4 is 63.0 Å². The monoisotopic (exact) mass is 1380 g/mol. The number of amidine groups is 2. The van der Waals surface area contributed by atoms with Gasteiger partial charge in [-0.1, -0.05) is 89.0 Å². The van der Waals surface area contributed by atoms with Crippen LogP contribution in [0.1, 0.15) is 114 Å². The summed E-state index contributed by atoms with van der Waals surface area (Å²) in [6, 6.07) is 18.4. The second kappa shape index (κ2) is 40.6. The Bertz CT molecular complexity index is 3220. The number of benzene rings is 4.